The lowest BCUT2D eigenvalue weighted by Gasteiger charge is -2.08. The second kappa shape index (κ2) is 5.74. The molecule has 0 unspecified atom stereocenters. The molecule has 19 heavy (non-hydrogen) atoms. The Morgan fingerprint density at radius 2 is 1.89 bits per heavy atom. The van der Waals surface area contributed by atoms with Crippen LogP contribution in [0.25, 0.3) is 0 Å². The molecule has 0 saturated heterocycles. The van der Waals surface area contributed by atoms with Crippen LogP contribution >= 0.6 is 34.8 Å². The number of hydrogen-bond acceptors (Lipinski definition) is 2. The molecular formula is C12H6Cl3FN2O. The number of hydrogen-bond donors (Lipinski definition) is 1. The van der Waals surface area contributed by atoms with Gasteiger partial charge in [0.15, 0.2) is 0 Å². The van der Waals surface area contributed by atoms with Crippen molar-refractivity contribution in [1.29, 1.82) is 0 Å². The van der Waals surface area contributed by atoms with E-state index in [0.717, 1.165) is 6.07 Å². The second-order valence-electron chi connectivity index (χ2n) is 3.55. The van der Waals surface area contributed by atoms with Crippen LogP contribution in [-0.2, 0) is 0 Å². The third-order valence-corrected chi connectivity index (χ3v) is 3.06. The first-order valence-corrected chi connectivity index (χ1v) is 6.19. The molecule has 1 aromatic carbocycles. The molecule has 0 aliphatic heterocycles. The Morgan fingerprint density at radius 1 is 1.16 bits per heavy atom. The van der Waals surface area contributed by atoms with E-state index < -0.39 is 11.7 Å². The van der Waals surface area contributed by atoms with Gasteiger partial charge >= 0.3 is 0 Å². The van der Waals surface area contributed by atoms with Crippen molar-refractivity contribution in [1.82, 2.24) is 4.98 Å². The van der Waals surface area contributed by atoms with Crippen LogP contribution in [0.1, 0.15) is 10.4 Å². The van der Waals surface area contributed by atoms with Gasteiger partial charge in [-0.1, -0.05) is 34.8 Å². The topological polar surface area (TPSA) is 42.0 Å². The zero-order valence-corrected chi connectivity index (χ0v) is 11.5. The first-order valence-electron chi connectivity index (χ1n) is 5.06. The van der Waals surface area contributed by atoms with Gasteiger partial charge < -0.3 is 5.32 Å². The van der Waals surface area contributed by atoms with E-state index in [-0.39, 0.29) is 26.6 Å². The van der Waals surface area contributed by atoms with Crippen LogP contribution < -0.4 is 5.32 Å². The van der Waals surface area contributed by atoms with Gasteiger partial charge in [-0.15, -0.1) is 0 Å². The molecule has 0 saturated carbocycles. The van der Waals surface area contributed by atoms with Gasteiger partial charge in [0.2, 0.25) is 0 Å². The van der Waals surface area contributed by atoms with E-state index in [9.17, 15) is 9.18 Å². The van der Waals surface area contributed by atoms with Gasteiger partial charge in [-0.05, 0) is 30.3 Å². The number of anilines is 1. The Hall–Kier alpha value is -1.36. The van der Waals surface area contributed by atoms with E-state index >= 15 is 0 Å². The molecule has 1 N–H and O–H groups in total. The van der Waals surface area contributed by atoms with Crippen LogP contribution in [0.3, 0.4) is 0 Å². The van der Waals surface area contributed by atoms with Crippen molar-refractivity contribution in [2.75, 3.05) is 5.32 Å². The number of rotatable bonds is 2. The standard InChI is InChI=1S/C12H6Cl3FN2O/c13-8-3-1-6(16)5-9(8)17-12(19)7-2-4-10(14)18-11(7)15/h1-5H,(H,17,19). The Labute approximate surface area is 123 Å². The maximum Gasteiger partial charge on any atom is 0.258 e. The van der Waals surface area contributed by atoms with Crippen molar-refractivity contribution in [2.45, 2.75) is 0 Å². The highest BCUT2D eigenvalue weighted by molar-refractivity contribution is 6.36. The average molecular weight is 320 g/mol. The van der Waals surface area contributed by atoms with Gasteiger partial charge in [0.25, 0.3) is 5.91 Å². The number of nitrogens with one attached hydrogen (secondary N) is 1. The summed E-state index contributed by atoms with van der Waals surface area (Å²) in [7, 11) is 0. The van der Waals surface area contributed by atoms with Crippen LogP contribution in [0.5, 0.6) is 0 Å². The molecule has 0 fully saturated rings. The summed E-state index contributed by atoms with van der Waals surface area (Å²) in [6.07, 6.45) is 0. The molecule has 0 atom stereocenters. The number of amides is 1. The smallest absolute Gasteiger partial charge is 0.258 e. The molecule has 3 nitrogen and oxygen atoms in total. The van der Waals surface area contributed by atoms with Gasteiger partial charge in [0.05, 0.1) is 16.3 Å². The Morgan fingerprint density at radius 3 is 2.58 bits per heavy atom. The van der Waals surface area contributed by atoms with Crippen LogP contribution in [0.2, 0.25) is 15.3 Å². The minimum atomic E-state index is -0.554. The maximum atomic E-state index is 13.1. The summed E-state index contributed by atoms with van der Waals surface area (Å²) in [4.78, 5) is 15.7. The third kappa shape index (κ3) is 3.35. The largest absolute Gasteiger partial charge is 0.320 e. The van der Waals surface area contributed by atoms with E-state index in [1.807, 2.05) is 0 Å². The van der Waals surface area contributed by atoms with Crippen molar-refractivity contribution in [2.24, 2.45) is 0 Å². The summed E-state index contributed by atoms with van der Waals surface area (Å²) < 4.78 is 13.1. The first-order chi connectivity index (χ1) is 8.97. The Bertz CT molecular complexity index is 649. The van der Waals surface area contributed by atoms with E-state index in [2.05, 4.69) is 10.3 Å². The Balaban J connectivity index is 2.28. The van der Waals surface area contributed by atoms with Gasteiger partial charge in [0, 0.05) is 0 Å². The van der Waals surface area contributed by atoms with Gasteiger partial charge in [-0.2, -0.15) is 0 Å². The summed E-state index contributed by atoms with van der Waals surface area (Å²) in [5.74, 6) is -1.07. The number of nitrogens with zero attached hydrogens (tertiary/aromatic N) is 1. The summed E-state index contributed by atoms with van der Waals surface area (Å²) in [6.45, 7) is 0. The molecule has 0 spiro atoms. The molecule has 1 amide bonds. The molecule has 7 heteroatoms. The van der Waals surface area contributed by atoms with Crippen LogP contribution in [0, 0.1) is 5.82 Å². The van der Waals surface area contributed by atoms with Crippen LogP contribution in [0.15, 0.2) is 30.3 Å². The molecule has 0 aliphatic rings. The average Bonchev–Trinajstić information content (AvgIpc) is 2.33. The maximum absolute atomic E-state index is 13.1. The van der Waals surface area contributed by atoms with Crippen LogP contribution in [0.4, 0.5) is 10.1 Å². The zero-order chi connectivity index (χ0) is 14.0. The minimum Gasteiger partial charge on any atom is -0.320 e. The summed E-state index contributed by atoms with van der Waals surface area (Å²) in [6, 6.07) is 6.48. The quantitative estimate of drug-likeness (QED) is 0.832. The molecule has 0 aliphatic carbocycles. The molecule has 1 aromatic heterocycles. The number of carbonyl (C=O) groups excluding carboxylic acids is 1. The van der Waals surface area contributed by atoms with Crippen LogP contribution in [-0.4, -0.2) is 10.9 Å². The van der Waals surface area contributed by atoms with Gasteiger partial charge in [-0.25, -0.2) is 9.37 Å². The Kier molecular flexibility index (Phi) is 4.24. The van der Waals surface area contributed by atoms with Crippen molar-refractivity contribution in [3.05, 3.63) is 57.0 Å². The van der Waals surface area contributed by atoms with Crippen molar-refractivity contribution >= 4 is 46.4 Å². The molecular weight excluding hydrogens is 314 g/mol. The predicted molar refractivity (Wildman–Crippen MR) is 73.6 cm³/mol. The van der Waals surface area contributed by atoms with Crippen molar-refractivity contribution in [3.63, 3.8) is 0 Å². The van der Waals surface area contributed by atoms with Crippen molar-refractivity contribution < 1.29 is 9.18 Å². The number of pyridine rings is 1. The summed E-state index contributed by atoms with van der Waals surface area (Å²) >= 11 is 17.3. The predicted octanol–water partition coefficient (Wildman–Crippen LogP) is 4.43. The lowest BCUT2D eigenvalue weighted by atomic mass is 10.2. The fourth-order valence-corrected chi connectivity index (χ4v) is 1.96. The minimum absolute atomic E-state index is 0.0440. The van der Waals surface area contributed by atoms with Gasteiger partial charge in [0.1, 0.15) is 16.1 Å². The summed E-state index contributed by atoms with van der Waals surface area (Å²) in [5.41, 5.74) is 0.268. The van der Waals surface area contributed by atoms with E-state index in [1.54, 1.807) is 0 Å². The monoisotopic (exact) mass is 318 g/mol. The SMILES string of the molecule is O=C(Nc1cc(F)ccc1Cl)c1ccc(Cl)nc1Cl. The molecule has 1 heterocycles. The second-order valence-corrected chi connectivity index (χ2v) is 4.70. The fraction of sp³-hybridized carbons (Fsp3) is 0. The zero-order valence-electron chi connectivity index (χ0n) is 9.25. The molecule has 2 rings (SSSR count). The molecule has 2 aromatic rings. The number of benzene rings is 1. The number of carbonyl (C=O) groups is 1. The normalized spacial score (nSPS) is 10.3. The van der Waals surface area contributed by atoms with Crippen molar-refractivity contribution in [3.8, 4) is 0 Å². The molecule has 98 valence electrons. The van der Waals surface area contributed by atoms with E-state index in [4.69, 9.17) is 34.8 Å². The first kappa shape index (κ1) is 14.1. The summed E-state index contributed by atoms with van der Waals surface area (Å²) in [5, 5.41) is 2.79. The fourth-order valence-electron chi connectivity index (χ4n) is 1.36. The highest BCUT2D eigenvalue weighted by Crippen LogP contribution is 2.24. The molecule has 0 radical (unpaired) electrons. The highest BCUT2D eigenvalue weighted by atomic mass is 35.5. The lowest BCUT2D eigenvalue weighted by Crippen LogP contribution is -2.13. The molecule has 0 bridgehead atoms. The lowest BCUT2D eigenvalue weighted by molar-refractivity contribution is 0.102. The highest BCUT2D eigenvalue weighted by Gasteiger charge is 2.14. The number of halogens is 4. The van der Waals surface area contributed by atoms with Gasteiger partial charge in [-0.3, -0.25) is 4.79 Å². The third-order valence-electron chi connectivity index (χ3n) is 2.24. The van der Waals surface area contributed by atoms with E-state index in [1.165, 1.54) is 24.3 Å². The van der Waals surface area contributed by atoms with E-state index in [0.29, 0.717) is 0 Å². The number of aromatic nitrogens is 1.